The fraction of sp³-hybridized carbons (Fsp3) is 0.238. The number of fused-ring (bicyclic) bond motifs is 1. The van der Waals surface area contributed by atoms with E-state index in [2.05, 4.69) is 11.9 Å². The summed E-state index contributed by atoms with van der Waals surface area (Å²) in [6, 6.07) is 15.9. The summed E-state index contributed by atoms with van der Waals surface area (Å²) in [5.74, 6) is 1.03. The van der Waals surface area contributed by atoms with Crippen LogP contribution in [0.3, 0.4) is 0 Å². The molecule has 2 aromatic carbocycles. The van der Waals surface area contributed by atoms with Crippen LogP contribution in [0.4, 0.5) is 0 Å². The zero-order valence-corrected chi connectivity index (χ0v) is 17.3. The number of hydrogen-bond acceptors (Lipinski definition) is 5. The lowest BCUT2D eigenvalue weighted by molar-refractivity contribution is 0.0997. The normalized spacial score (nSPS) is 19.9. The molecular weight excluding hydrogens is 396 g/mol. The van der Waals surface area contributed by atoms with Gasteiger partial charge in [0.25, 0.3) is 0 Å². The molecule has 3 aromatic rings. The Hall–Kier alpha value is -1.82. The number of benzene rings is 2. The van der Waals surface area contributed by atoms with Gasteiger partial charge in [0.05, 0.1) is 10.4 Å². The van der Waals surface area contributed by atoms with Gasteiger partial charge in [-0.3, -0.25) is 9.79 Å². The van der Waals surface area contributed by atoms with Crippen molar-refractivity contribution >= 4 is 55.7 Å². The van der Waals surface area contributed by atoms with Gasteiger partial charge in [-0.2, -0.15) is 0 Å². The van der Waals surface area contributed by atoms with Crippen LogP contribution in [0.25, 0.3) is 10.1 Å². The standard InChI is InChI=1S/C21H19ClN2OS2/c1-21(6-7-26-20(23)24-21)15-8-13(9-16(22)12-15)10-17(25)19-11-14-4-2-3-5-18(14)27-19/h2-5,8-9,11-12H,6-7,10H2,1H3,(H2,23,24). The third-order valence-corrected chi connectivity index (χ3v) is 7.01. The highest BCUT2D eigenvalue weighted by Gasteiger charge is 2.30. The number of rotatable bonds is 4. The van der Waals surface area contributed by atoms with Gasteiger partial charge in [-0.25, -0.2) is 0 Å². The summed E-state index contributed by atoms with van der Waals surface area (Å²) in [6.07, 6.45) is 1.22. The van der Waals surface area contributed by atoms with Gasteiger partial charge in [-0.15, -0.1) is 11.3 Å². The lowest BCUT2D eigenvalue weighted by Crippen LogP contribution is -2.28. The largest absolute Gasteiger partial charge is 0.379 e. The molecule has 3 nitrogen and oxygen atoms in total. The first kappa shape index (κ1) is 18.5. The number of halogens is 1. The zero-order valence-electron chi connectivity index (χ0n) is 14.9. The molecule has 27 heavy (non-hydrogen) atoms. The molecule has 1 aromatic heterocycles. The first-order valence-corrected chi connectivity index (χ1v) is 10.9. The molecule has 0 radical (unpaired) electrons. The van der Waals surface area contributed by atoms with Gasteiger partial charge < -0.3 is 5.73 Å². The zero-order chi connectivity index (χ0) is 19.0. The van der Waals surface area contributed by atoms with Gasteiger partial charge in [0.1, 0.15) is 0 Å². The van der Waals surface area contributed by atoms with Gasteiger partial charge >= 0.3 is 0 Å². The summed E-state index contributed by atoms with van der Waals surface area (Å²) in [5, 5.41) is 2.33. The second-order valence-electron chi connectivity index (χ2n) is 6.92. The fourth-order valence-corrected chi connectivity index (χ4v) is 5.58. The Kier molecular flexibility index (Phi) is 5.01. The van der Waals surface area contributed by atoms with Crippen molar-refractivity contribution in [2.75, 3.05) is 5.75 Å². The molecule has 0 fully saturated rings. The molecule has 0 spiro atoms. The highest BCUT2D eigenvalue weighted by atomic mass is 35.5. The lowest BCUT2D eigenvalue weighted by Gasteiger charge is -2.30. The average Bonchev–Trinajstić information content (AvgIpc) is 3.05. The van der Waals surface area contributed by atoms with Crippen LogP contribution in [-0.2, 0) is 12.0 Å². The molecular formula is C21H19ClN2OS2. The molecule has 1 aliphatic rings. The second-order valence-corrected chi connectivity index (χ2v) is 9.55. The summed E-state index contributed by atoms with van der Waals surface area (Å²) < 4.78 is 1.13. The van der Waals surface area contributed by atoms with Crippen molar-refractivity contribution in [2.24, 2.45) is 10.7 Å². The molecule has 0 saturated heterocycles. The van der Waals surface area contributed by atoms with E-state index < -0.39 is 5.54 Å². The van der Waals surface area contributed by atoms with Crippen LogP contribution >= 0.6 is 34.7 Å². The SMILES string of the molecule is CC1(c2cc(Cl)cc(CC(=O)c3cc4ccccc4s3)c2)CCSC(N)=N1. The van der Waals surface area contributed by atoms with Gasteiger partial charge in [0, 0.05) is 21.9 Å². The van der Waals surface area contributed by atoms with Crippen molar-refractivity contribution in [2.45, 2.75) is 25.3 Å². The molecule has 2 heterocycles. The summed E-state index contributed by atoms with van der Waals surface area (Å²) >= 11 is 9.48. The highest BCUT2D eigenvalue weighted by molar-refractivity contribution is 8.13. The minimum atomic E-state index is -0.393. The minimum absolute atomic E-state index is 0.108. The molecule has 1 unspecified atom stereocenters. The molecule has 0 bridgehead atoms. The molecule has 0 amide bonds. The maximum Gasteiger partial charge on any atom is 0.177 e. The molecule has 2 N–H and O–H groups in total. The Labute approximate surface area is 171 Å². The molecule has 138 valence electrons. The number of hydrogen-bond donors (Lipinski definition) is 1. The Morgan fingerprint density at radius 3 is 2.85 bits per heavy atom. The first-order valence-electron chi connectivity index (χ1n) is 8.73. The van der Waals surface area contributed by atoms with E-state index in [1.807, 2.05) is 48.5 Å². The molecule has 1 aliphatic heterocycles. The topological polar surface area (TPSA) is 55.5 Å². The van der Waals surface area contributed by atoms with Gasteiger partial charge in [-0.1, -0.05) is 47.6 Å². The maximum absolute atomic E-state index is 12.8. The van der Waals surface area contributed by atoms with Crippen molar-refractivity contribution < 1.29 is 4.79 Å². The van der Waals surface area contributed by atoms with Crippen molar-refractivity contribution in [1.82, 2.24) is 0 Å². The minimum Gasteiger partial charge on any atom is -0.379 e. The van der Waals surface area contributed by atoms with Gasteiger partial charge in [-0.05, 0) is 54.1 Å². The highest BCUT2D eigenvalue weighted by Crippen LogP contribution is 2.37. The number of nitrogens with two attached hydrogens (primary N) is 1. The van der Waals surface area contributed by atoms with Crippen molar-refractivity contribution in [3.05, 3.63) is 69.6 Å². The third-order valence-electron chi connectivity index (χ3n) is 4.84. The van der Waals surface area contributed by atoms with E-state index in [9.17, 15) is 4.79 Å². The third kappa shape index (κ3) is 3.91. The van der Waals surface area contributed by atoms with Crippen LogP contribution in [0.1, 0.15) is 34.1 Å². The van der Waals surface area contributed by atoms with Gasteiger partial charge in [0.2, 0.25) is 0 Å². The van der Waals surface area contributed by atoms with E-state index in [1.165, 1.54) is 11.3 Å². The van der Waals surface area contributed by atoms with E-state index in [4.69, 9.17) is 17.3 Å². The van der Waals surface area contributed by atoms with Crippen molar-refractivity contribution in [3.63, 3.8) is 0 Å². The number of carbonyl (C=O) groups excluding carboxylic acids is 1. The summed E-state index contributed by atoms with van der Waals surface area (Å²) in [7, 11) is 0. The van der Waals surface area contributed by atoms with Gasteiger partial charge in [0.15, 0.2) is 11.0 Å². The van der Waals surface area contributed by atoms with Crippen molar-refractivity contribution in [1.29, 1.82) is 0 Å². The number of carbonyl (C=O) groups is 1. The van der Waals surface area contributed by atoms with Crippen LogP contribution < -0.4 is 5.73 Å². The van der Waals surface area contributed by atoms with Crippen LogP contribution in [0, 0.1) is 0 Å². The number of Topliss-reactive ketones (excluding diaryl/α,β-unsaturated/α-hetero) is 1. The van der Waals surface area contributed by atoms with E-state index in [0.717, 1.165) is 38.3 Å². The summed E-state index contributed by atoms with van der Waals surface area (Å²) in [5.41, 5.74) is 7.47. The predicted octanol–water partition coefficient (Wildman–Crippen LogP) is 5.65. The van der Waals surface area contributed by atoms with E-state index in [0.29, 0.717) is 16.6 Å². The average molecular weight is 415 g/mol. The van der Waals surface area contributed by atoms with Crippen LogP contribution in [-0.4, -0.2) is 16.7 Å². The molecule has 0 aliphatic carbocycles. The molecule has 0 saturated carbocycles. The number of amidine groups is 1. The van der Waals surface area contributed by atoms with E-state index in [-0.39, 0.29) is 5.78 Å². The number of thiophene rings is 1. The lowest BCUT2D eigenvalue weighted by atomic mass is 9.88. The summed E-state index contributed by atoms with van der Waals surface area (Å²) in [4.78, 5) is 18.3. The van der Waals surface area contributed by atoms with Crippen LogP contribution in [0.15, 0.2) is 53.5 Å². The number of nitrogens with zero attached hydrogens (tertiary/aromatic N) is 1. The number of thioether (sulfide) groups is 1. The first-order chi connectivity index (χ1) is 12.9. The quantitative estimate of drug-likeness (QED) is 0.561. The maximum atomic E-state index is 12.8. The number of aliphatic imine (C=N–C) groups is 1. The second kappa shape index (κ2) is 7.30. The Balaban J connectivity index is 1.63. The Morgan fingerprint density at radius 2 is 2.07 bits per heavy atom. The van der Waals surface area contributed by atoms with E-state index >= 15 is 0 Å². The van der Waals surface area contributed by atoms with Crippen LogP contribution in [0.5, 0.6) is 0 Å². The monoisotopic (exact) mass is 414 g/mol. The van der Waals surface area contributed by atoms with Crippen LogP contribution in [0.2, 0.25) is 5.02 Å². The Bertz CT molecular complexity index is 1030. The van der Waals surface area contributed by atoms with Crippen molar-refractivity contribution in [3.8, 4) is 0 Å². The molecule has 4 rings (SSSR count). The predicted molar refractivity (Wildman–Crippen MR) is 117 cm³/mol. The number of ketones is 1. The molecule has 1 atom stereocenters. The summed E-state index contributed by atoms with van der Waals surface area (Å²) in [6.45, 7) is 2.07. The smallest absolute Gasteiger partial charge is 0.177 e. The van der Waals surface area contributed by atoms with E-state index in [1.54, 1.807) is 11.8 Å². The fourth-order valence-electron chi connectivity index (χ4n) is 3.35. The Morgan fingerprint density at radius 1 is 1.26 bits per heavy atom. The molecule has 6 heteroatoms.